The maximum Gasteiger partial charge on any atom is 0.0785 e. The highest BCUT2D eigenvalue weighted by Crippen LogP contribution is 2.35. The Labute approximate surface area is 909 Å². The van der Waals surface area contributed by atoms with Crippen LogP contribution in [0.3, 0.4) is 0 Å². The Balaban J connectivity index is 0.000000585. The second-order valence-electron chi connectivity index (χ2n) is 57.0. The van der Waals surface area contributed by atoms with Crippen molar-refractivity contribution in [2.45, 2.75) is 446 Å². The van der Waals surface area contributed by atoms with Gasteiger partial charge in [-0.15, -0.1) is 0 Å². The van der Waals surface area contributed by atoms with E-state index in [1.54, 1.807) is 0 Å². The predicted molar refractivity (Wildman–Crippen MR) is 646 cm³/mol. The zero-order valence-electron chi connectivity index (χ0n) is 104. The van der Waals surface area contributed by atoms with Gasteiger partial charge in [0.05, 0.1) is 46.3 Å². The lowest BCUT2D eigenvalue weighted by atomic mass is 9.86. The van der Waals surface area contributed by atoms with Crippen LogP contribution in [0.2, 0.25) is 0 Å². The second-order valence-corrected chi connectivity index (χ2v) is 57.0. The first-order valence-corrected chi connectivity index (χ1v) is 54.2. The van der Waals surface area contributed by atoms with Crippen molar-refractivity contribution in [3.05, 3.63) is 264 Å². The Bertz CT molecular complexity index is 4910. The Morgan fingerprint density at radius 2 is 0.436 bits per heavy atom. The van der Waals surface area contributed by atoms with Crippen LogP contribution in [0.5, 0.6) is 0 Å². The van der Waals surface area contributed by atoms with Crippen molar-refractivity contribution >= 4 is 11.4 Å². The highest BCUT2D eigenvalue weighted by molar-refractivity contribution is 5.65. The van der Waals surface area contributed by atoms with Crippen molar-refractivity contribution in [2.75, 3.05) is 32.2 Å². The Morgan fingerprint density at radius 1 is 0.228 bits per heavy atom. The quantitative estimate of drug-likeness (QED) is 0.0327. The molecular formula is C131H214F3N15. The van der Waals surface area contributed by atoms with Crippen LogP contribution in [-0.2, 0) is 51.0 Å². The van der Waals surface area contributed by atoms with E-state index in [0.717, 1.165) is 45.4 Å². The molecule has 0 aliphatic heterocycles. The standard InChI is InChI=1S/4C20H31N3.C18H31N.2C15H25N.3CH3F/c4*1-15(22-20(5,6)7)16-8-10-17(11-9-16)18-12-21-23(13-18)14-19(2,3)4;1-16(2,3)13-14-9-11-15(12-10-14)18(7,8)19-17(4,5)6;2*1-14(2,3)11-12-8-7-9-13(10-12)16-15(4,5)6;3*1-2/h4*8-13,15,22H,14H2,1-7H3;9-12,19H,13H2,1-8H3;2*7-10,16H,11H2,1-6H3;3*1H3. The third-order valence-electron chi connectivity index (χ3n) is 22.1. The van der Waals surface area contributed by atoms with Crippen LogP contribution < -0.4 is 37.2 Å². The van der Waals surface area contributed by atoms with Gasteiger partial charge in [0.15, 0.2) is 0 Å². The fourth-order valence-corrected chi connectivity index (χ4v) is 17.4. The van der Waals surface area contributed by atoms with E-state index in [1.807, 2.05) is 43.5 Å². The molecule has 0 fully saturated rings. The predicted octanol–water partition coefficient (Wildman–Crippen LogP) is 35.8. The van der Waals surface area contributed by atoms with Crippen LogP contribution in [0.15, 0.2) is 219 Å². The summed E-state index contributed by atoms with van der Waals surface area (Å²) in [7, 11) is 1.50. The van der Waals surface area contributed by atoms with Gasteiger partial charge < -0.3 is 37.2 Å². The van der Waals surface area contributed by atoms with E-state index >= 15 is 0 Å². The van der Waals surface area contributed by atoms with Gasteiger partial charge >= 0.3 is 0 Å². The molecular weight excluding hydrogens is 1840 g/mol. The molecule has 0 aliphatic carbocycles. The van der Waals surface area contributed by atoms with Crippen molar-refractivity contribution in [3.63, 3.8) is 0 Å². The Kier molecular flexibility index (Phi) is 52.8. The van der Waals surface area contributed by atoms with E-state index in [0.29, 0.717) is 61.9 Å². The summed E-state index contributed by atoms with van der Waals surface area (Å²) in [6.45, 7) is 110. The maximum absolute atomic E-state index is 9.50. The van der Waals surface area contributed by atoms with Crippen LogP contribution in [0, 0.1) is 37.9 Å². The highest BCUT2D eigenvalue weighted by Gasteiger charge is 2.28. The number of hydrogen-bond donors (Lipinski definition) is 7. The summed E-state index contributed by atoms with van der Waals surface area (Å²) in [5.74, 6) is 0. The van der Waals surface area contributed by atoms with E-state index < -0.39 is 0 Å². The molecule has 0 spiro atoms. The number of alkyl halides is 3. The number of nitrogens with zero attached hydrogens (tertiary/aromatic N) is 8. The molecule has 0 aliphatic rings. The van der Waals surface area contributed by atoms with Gasteiger partial charge in [0, 0.05) is 153 Å². The monoisotopic (exact) mass is 2050 g/mol. The molecule has 4 heterocycles. The fourth-order valence-electron chi connectivity index (χ4n) is 17.4. The maximum atomic E-state index is 9.50. The molecule has 4 atom stereocenters. The number of benzene rings is 7. The van der Waals surface area contributed by atoms with Crippen LogP contribution >= 0.6 is 0 Å². The van der Waals surface area contributed by atoms with Crippen LogP contribution in [0.25, 0.3) is 44.5 Å². The second kappa shape index (κ2) is 58.0. The van der Waals surface area contributed by atoms with Gasteiger partial charge in [-0.2, -0.15) is 20.4 Å². The lowest BCUT2D eigenvalue weighted by Crippen LogP contribution is -2.48. The van der Waals surface area contributed by atoms with E-state index in [9.17, 15) is 13.2 Å². The van der Waals surface area contributed by atoms with Gasteiger partial charge in [0.1, 0.15) is 0 Å². The highest BCUT2D eigenvalue weighted by atomic mass is 19.1. The molecule has 4 aromatic heterocycles. The molecule has 0 radical (unpaired) electrons. The van der Waals surface area contributed by atoms with Crippen LogP contribution in [0.4, 0.5) is 24.5 Å². The van der Waals surface area contributed by atoms with E-state index in [2.05, 4.69) is 585 Å². The van der Waals surface area contributed by atoms with Gasteiger partial charge in [-0.05, 0) is 335 Å². The summed E-state index contributed by atoms with van der Waals surface area (Å²) in [5.41, 5.74) is 25.7. The third-order valence-corrected chi connectivity index (χ3v) is 22.1. The molecule has 7 aromatic carbocycles. The lowest BCUT2D eigenvalue weighted by molar-refractivity contribution is 0.286. The zero-order chi connectivity index (χ0) is 115. The van der Waals surface area contributed by atoms with Gasteiger partial charge in [-0.25, -0.2) is 0 Å². The molecule has 4 unspecified atom stereocenters. The molecule has 15 nitrogen and oxygen atoms in total. The van der Waals surface area contributed by atoms with Gasteiger partial charge in [-0.3, -0.25) is 31.9 Å². The first-order chi connectivity index (χ1) is 67.8. The lowest BCUT2D eigenvalue weighted by Gasteiger charge is -2.35. The van der Waals surface area contributed by atoms with Crippen molar-refractivity contribution in [1.29, 1.82) is 0 Å². The molecule has 0 amide bonds. The van der Waals surface area contributed by atoms with E-state index in [-0.39, 0.29) is 66.0 Å². The average Bonchev–Trinajstić information content (AvgIpc) is 1.16. The molecule has 149 heavy (non-hydrogen) atoms. The van der Waals surface area contributed by atoms with Crippen molar-refractivity contribution in [1.82, 2.24) is 65.7 Å². The first-order valence-electron chi connectivity index (χ1n) is 54.2. The number of aromatic nitrogens is 8. The van der Waals surface area contributed by atoms with Gasteiger partial charge in [0.25, 0.3) is 0 Å². The molecule has 11 rings (SSSR count). The number of hydrogen-bond acceptors (Lipinski definition) is 11. The zero-order valence-corrected chi connectivity index (χ0v) is 104. The average molecular weight is 2060 g/mol. The number of nitrogens with one attached hydrogen (secondary N) is 7. The van der Waals surface area contributed by atoms with Crippen LogP contribution in [0.1, 0.15) is 401 Å². The Morgan fingerprint density at radius 3 is 0.617 bits per heavy atom. The van der Waals surface area contributed by atoms with Gasteiger partial charge in [-0.1, -0.05) is 291 Å². The largest absolute Gasteiger partial charge is 0.380 e. The molecule has 18 heteroatoms. The first kappa shape index (κ1) is 136. The van der Waals surface area contributed by atoms with Crippen LogP contribution in [-0.4, -0.2) is 99.4 Å². The molecule has 834 valence electrons. The number of rotatable bonds is 23. The summed E-state index contributed by atoms with van der Waals surface area (Å²) in [5, 5.41) is 43.1. The normalized spacial score (nSPS) is 13.2. The fraction of sp³-hybridized carbons (Fsp3) is 0.588. The minimum atomic E-state index is -0.00148. The number of anilines is 2. The van der Waals surface area contributed by atoms with Gasteiger partial charge in [0.2, 0.25) is 0 Å². The molecule has 0 bridgehead atoms. The summed E-state index contributed by atoms with van der Waals surface area (Å²) >= 11 is 0. The van der Waals surface area contributed by atoms with E-state index in [4.69, 9.17) is 0 Å². The van der Waals surface area contributed by atoms with Crippen molar-refractivity contribution in [2.24, 2.45) is 37.9 Å². The number of halogens is 3. The summed E-state index contributed by atoms with van der Waals surface area (Å²) in [6.07, 6.45) is 19.7. The summed E-state index contributed by atoms with van der Waals surface area (Å²) < 4.78 is 36.6. The molecule has 7 N–H and O–H groups in total. The Hall–Kier alpha value is -9.43. The third kappa shape index (κ3) is 61.2. The van der Waals surface area contributed by atoms with E-state index in [1.165, 1.54) is 100 Å². The summed E-state index contributed by atoms with van der Waals surface area (Å²) in [6, 6.07) is 63.1. The minimum absolute atomic E-state index is 0.00148. The molecule has 11 aromatic rings. The minimum Gasteiger partial charge on any atom is -0.380 e. The molecule has 0 saturated carbocycles. The van der Waals surface area contributed by atoms with Crippen molar-refractivity contribution < 1.29 is 13.2 Å². The molecule has 0 saturated heterocycles. The SMILES string of the molecule is CC(C)(C)Cc1ccc(C(C)(C)NC(C)(C)C)cc1.CC(C)(C)Cc1cccc(NC(C)(C)C)c1.CC(C)(C)Cc1cccc(NC(C)(C)C)c1.CC(NC(C)(C)C)c1ccc(-c2cnn(CC(C)(C)C)c2)cc1.CC(NC(C)(C)C)c1ccc(-c2cnn(CC(C)(C)C)c2)cc1.CC(NC(C)(C)C)c1ccc(-c2cnn(CC(C)(C)C)c2)cc1.CC(NC(C)(C)C)c1ccc(-c2cnn(CC(C)(C)C)c2)cc1.CF.CF.CF. The van der Waals surface area contributed by atoms with Crippen molar-refractivity contribution in [3.8, 4) is 44.5 Å². The smallest absolute Gasteiger partial charge is 0.0785 e. The topological polar surface area (TPSA) is 155 Å². The summed E-state index contributed by atoms with van der Waals surface area (Å²) in [4.78, 5) is 0.